The van der Waals surface area contributed by atoms with E-state index >= 15 is 0 Å². The van der Waals surface area contributed by atoms with Gasteiger partial charge in [-0.1, -0.05) is 47.6 Å². The van der Waals surface area contributed by atoms with Gasteiger partial charge in [0.2, 0.25) is 0 Å². The van der Waals surface area contributed by atoms with E-state index in [4.69, 9.17) is 24.5 Å². The Balaban J connectivity index is 1.46. The Morgan fingerprint density at radius 1 is 0.919 bits per heavy atom. The van der Waals surface area contributed by atoms with Crippen LogP contribution in [-0.2, 0) is 25.6 Å². The van der Waals surface area contributed by atoms with Crippen LogP contribution in [0.15, 0.2) is 59.7 Å². The molecule has 1 fully saturated rings. The molecule has 0 aliphatic carbocycles. The molecule has 0 unspecified atom stereocenters. The van der Waals surface area contributed by atoms with Gasteiger partial charge in [-0.15, -0.1) is 0 Å². The van der Waals surface area contributed by atoms with E-state index < -0.39 is 42.5 Å². The number of azide groups is 1. The summed E-state index contributed by atoms with van der Waals surface area (Å²) in [6, 6.07) is 14.4. The highest BCUT2D eigenvalue weighted by Crippen LogP contribution is 2.32. The van der Waals surface area contributed by atoms with Crippen LogP contribution in [0.2, 0.25) is 0 Å². The lowest BCUT2D eigenvalue weighted by Crippen LogP contribution is -2.66. The standard InChI is InChI=1S/C25H28N4O8/c26-28-27-10-11-34-12-13-36-25-20(29-23(32)17-8-4-5-9-18(17)24(29)33)22(31)21(30)19(37-25)15-35-14-16-6-2-1-3-7-16/h1-9,19-22,25,30-31H,10-15H2/t19-,20-,21-,22-,25-/m1/s1. The second-order valence-corrected chi connectivity index (χ2v) is 8.48. The van der Waals surface area contributed by atoms with Crippen LogP contribution in [0.1, 0.15) is 26.3 Å². The van der Waals surface area contributed by atoms with E-state index in [1.54, 1.807) is 12.1 Å². The second-order valence-electron chi connectivity index (χ2n) is 8.48. The molecule has 2 amide bonds. The van der Waals surface area contributed by atoms with Gasteiger partial charge in [-0.25, -0.2) is 0 Å². The zero-order valence-corrected chi connectivity index (χ0v) is 20.0. The molecule has 37 heavy (non-hydrogen) atoms. The van der Waals surface area contributed by atoms with Gasteiger partial charge in [0.15, 0.2) is 6.29 Å². The van der Waals surface area contributed by atoms with Crippen molar-refractivity contribution in [3.8, 4) is 0 Å². The van der Waals surface area contributed by atoms with Crippen molar-refractivity contribution in [3.05, 3.63) is 81.7 Å². The lowest BCUT2D eigenvalue weighted by molar-refractivity contribution is -0.283. The van der Waals surface area contributed by atoms with E-state index in [-0.39, 0.29) is 50.7 Å². The quantitative estimate of drug-likeness (QED) is 0.143. The summed E-state index contributed by atoms with van der Waals surface area (Å²) in [6.45, 7) is 0.614. The van der Waals surface area contributed by atoms with Gasteiger partial charge in [0.25, 0.3) is 11.8 Å². The first kappa shape index (κ1) is 26.7. The minimum Gasteiger partial charge on any atom is -0.388 e. The summed E-state index contributed by atoms with van der Waals surface area (Å²) < 4.78 is 22.8. The maximum atomic E-state index is 13.1. The highest BCUT2D eigenvalue weighted by molar-refractivity contribution is 6.21. The van der Waals surface area contributed by atoms with E-state index in [2.05, 4.69) is 10.0 Å². The van der Waals surface area contributed by atoms with Crippen molar-refractivity contribution in [3.63, 3.8) is 0 Å². The number of fused-ring (bicyclic) bond motifs is 1. The van der Waals surface area contributed by atoms with Crippen LogP contribution in [-0.4, -0.2) is 90.5 Å². The number of hydrogen-bond donors (Lipinski definition) is 2. The summed E-state index contributed by atoms with van der Waals surface area (Å²) in [5.74, 6) is -1.23. The summed E-state index contributed by atoms with van der Waals surface area (Å²) in [7, 11) is 0. The first-order chi connectivity index (χ1) is 18.0. The van der Waals surface area contributed by atoms with Crippen molar-refractivity contribution >= 4 is 11.8 Å². The van der Waals surface area contributed by atoms with Crippen LogP contribution in [0.5, 0.6) is 0 Å². The number of aliphatic hydroxyl groups excluding tert-OH is 2. The van der Waals surface area contributed by atoms with Crippen LogP contribution in [0.4, 0.5) is 0 Å². The Hall–Kier alpha value is -3.35. The highest BCUT2D eigenvalue weighted by Gasteiger charge is 2.53. The molecular formula is C25H28N4O8. The Morgan fingerprint density at radius 3 is 2.27 bits per heavy atom. The van der Waals surface area contributed by atoms with E-state index in [9.17, 15) is 19.8 Å². The molecule has 0 spiro atoms. The second kappa shape index (κ2) is 12.7. The maximum absolute atomic E-state index is 13.1. The fraction of sp³-hybridized carbons (Fsp3) is 0.440. The summed E-state index contributed by atoms with van der Waals surface area (Å²) in [6.07, 6.45) is -5.25. The van der Waals surface area contributed by atoms with Crippen LogP contribution in [0.25, 0.3) is 10.4 Å². The molecule has 12 nitrogen and oxygen atoms in total. The van der Waals surface area contributed by atoms with E-state index in [1.165, 1.54) is 12.1 Å². The molecule has 1 saturated heterocycles. The van der Waals surface area contributed by atoms with Gasteiger partial charge in [0.05, 0.1) is 44.2 Å². The predicted molar refractivity (Wildman–Crippen MR) is 128 cm³/mol. The largest absolute Gasteiger partial charge is 0.388 e. The predicted octanol–water partition coefficient (Wildman–Crippen LogP) is 1.66. The molecule has 2 aliphatic rings. The van der Waals surface area contributed by atoms with Crippen molar-refractivity contribution in [2.45, 2.75) is 37.3 Å². The van der Waals surface area contributed by atoms with Crippen LogP contribution in [0.3, 0.4) is 0 Å². The Kier molecular flexibility index (Phi) is 9.20. The zero-order chi connectivity index (χ0) is 26.2. The highest BCUT2D eigenvalue weighted by atomic mass is 16.7. The smallest absolute Gasteiger partial charge is 0.262 e. The van der Waals surface area contributed by atoms with Crippen molar-refractivity contribution in [2.24, 2.45) is 5.11 Å². The molecular weight excluding hydrogens is 484 g/mol. The van der Waals surface area contributed by atoms with E-state index in [0.717, 1.165) is 10.5 Å². The van der Waals surface area contributed by atoms with Gasteiger partial charge < -0.3 is 29.2 Å². The molecule has 0 radical (unpaired) electrons. The van der Waals surface area contributed by atoms with Crippen molar-refractivity contribution in [2.75, 3.05) is 33.0 Å². The first-order valence-corrected chi connectivity index (χ1v) is 11.8. The lowest BCUT2D eigenvalue weighted by atomic mass is 9.95. The number of hydrogen-bond acceptors (Lipinski definition) is 9. The van der Waals surface area contributed by atoms with Gasteiger partial charge in [-0.3, -0.25) is 14.5 Å². The third-order valence-corrected chi connectivity index (χ3v) is 6.09. The molecule has 4 rings (SSSR count). The van der Waals surface area contributed by atoms with Gasteiger partial charge in [0, 0.05) is 11.5 Å². The number of ether oxygens (including phenoxy) is 4. The van der Waals surface area contributed by atoms with Gasteiger partial charge >= 0.3 is 0 Å². The number of aliphatic hydroxyl groups is 2. The molecule has 2 aromatic rings. The Bertz CT molecular complexity index is 1090. The minimum atomic E-state index is -1.56. The van der Waals surface area contributed by atoms with Gasteiger partial charge in [-0.2, -0.15) is 0 Å². The van der Waals surface area contributed by atoms with Crippen LogP contribution >= 0.6 is 0 Å². The van der Waals surface area contributed by atoms with E-state index in [1.807, 2.05) is 30.3 Å². The molecule has 2 N–H and O–H groups in total. The average molecular weight is 513 g/mol. The number of imide groups is 1. The van der Waals surface area contributed by atoms with Crippen molar-refractivity contribution < 1.29 is 38.7 Å². The molecule has 12 heteroatoms. The molecule has 0 aromatic heterocycles. The van der Waals surface area contributed by atoms with Gasteiger partial charge in [0.1, 0.15) is 24.4 Å². The maximum Gasteiger partial charge on any atom is 0.262 e. The summed E-state index contributed by atoms with van der Waals surface area (Å²) in [5, 5.41) is 25.3. The summed E-state index contributed by atoms with van der Waals surface area (Å²) >= 11 is 0. The number of carbonyl (C=O) groups excluding carboxylic acids is 2. The summed E-state index contributed by atoms with van der Waals surface area (Å²) in [5.41, 5.74) is 9.64. The number of benzene rings is 2. The van der Waals surface area contributed by atoms with Gasteiger partial charge in [-0.05, 0) is 23.2 Å². The number of carbonyl (C=O) groups is 2. The topological polar surface area (TPSA) is 164 Å². The Morgan fingerprint density at radius 2 is 1.59 bits per heavy atom. The molecule has 5 atom stereocenters. The molecule has 0 bridgehead atoms. The van der Waals surface area contributed by atoms with Crippen molar-refractivity contribution in [1.29, 1.82) is 0 Å². The lowest BCUT2D eigenvalue weighted by Gasteiger charge is -2.45. The molecule has 2 heterocycles. The van der Waals surface area contributed by atoms with Crippen LogP contribution < -0.4 is 0 Å². The molecule has 2 aliphatic heterocycles. The third-order valence-electron chi connectivity index (χ3n) is 6.09. The number of nitrogens with zero attached hydrogens (tertiary/aromatic N) is 4. The molecule has 2 aromatic carbocycles. The zero-order valence-electron chi connectivity index (χ0n) is 20.0. The average Bonchev–Trinajstić information content (AvgIpc) is 3.16. The third kappa shape index (κ3) is 6.14. The first-order valence-electron chi connectivity index (χ1n) is 11.8. The fourth-order valence-electron chi connectivity index (χ4n) is 4.29. The van der Waals surface area contributed by atoms with E-state index in [0.29, 0.717) is 0 Å². The van der Waals surface area contributed by atoms with Crippen molar-refractivity contribution in [1.82, 2.24) is 4.90 Å². The normalized spacial score (nSPS) is 25.1. The number of amides is 2. The fourth-order valence-corrected chi connectivity index (χ4v) is 4.29. The molecule has 196 valence electrons. The number of rotatable bonds is 12. The SMILES string of the molecule is [N-]=[N+]=NCCOCCO[C@@H]1O[C@H](COCc2ccccc2)[C@@H](O)[C@H](O)[C@H]1N1C(=O)c2ccccc2C1=O. The minimum absolute atomic E-state index is 0.0129. The van der Waals surface area contributed by atoms with Crippen LogP contribution in [0, 0.1) is 0 Å². The molecule has 0 saturated carbocycles. The summed E-state index contributed by atoms with van der Waals surface area (Å²) in [4.78, 5) is 29.7. The monoisotopic (exact) mass is 512 g/mol. The Labute approximate surface area is 212 Å².